The maximum atomic E-state index is 5.32. The molecule has 2 fully saturated rings. The van der Waals surface area contributed by atoms with Gasteiger partial charge in [-0.15, -0.1) is 24.0 Å². The van der Waals surface area contributed by atoms with Gasteiger partial charge in [0.25, 0.3) is 0 Å². The van der Waals surface area contributed by atoms with Gasteiger partial charge in [-0.25, -0.2) is 0 Å². The number of aliphatic imine (C=N–C) groups is 1. The summed E-state index contributed by atoms with van der Waals surface area (Å²) in [6.07, 6.45) is 5.65. The van der Waals surface area contributed by atoms with Gasteiger partial charge >= 0.3 is 0 Å². The van der Waals surface area contributed by atoms with E-state index in [1.165, 1.54) is 31.2 Å². The second-order valence-corrected chi connectivity index (χ2v) is 8.81. The van der Waals surface area contributed by atoms with Crippen LogP contribution >= 0.6 is 24.0 Å². The van der Waals surface area contributed by atoms with Gasteiger partial charge in [-0.2, -0.15) is 4.98 Å². The van der Waals surface area contributed by atoms with Gasteiger partial charge < -0.3 is 15.2 Å². The SMILES string of the molecule is CN=C(NCCc1nc(C(C)C)no1)NC1CC2CCC(C1)N2Cc1ccccc1.I. The highest BCUT2D eigenvalue weighted by atomic mass is 127. The summed E-state index contributed by atoms with van der Waals surface area (Å²) in [5.41, 5.74) is 1.42. The fraction of sp³-hybridized carbons (Fsp3) is 0.609. The molecule has 2 aromatic rings. The molecule has 2 aliphatic heterocycles. The molecule has 0 spiro atoms. The van der Waals surface area contributed by atoms with Gasteiger partial charge in [0, 0.05) is 50.6 Å². The number of hydrogen-bond donors (Lipinski definition) is 2. The van der Waals surface area contributed by atoms with E-state index in [1.54, 1.807) is 0 Å². The first-order chi connectivity index (χ1) is 14.6. The highest BCUT2D eigenvalue weighted by Crippen LogP contribution is 2.36. The smallest absolute Gasteiger partial charge is 0.228 e. The van der Waals surface area contributed by atoms with Gasteiger partial charge in [-0.05, 0) is 31.2 Å². The fourth-order valence-electron chi connectivity index (χ4n) is 4.72. The summed E-state index contributed by atoms with van der Waals surface area (Å²) in [4.78, 5) is 11.6. The molecule has 7 nitrogen and oxygen atoms in total. The topological polar surface area (TPSA) is 78.6 Å². The van der Waals surface area contributed by atoms with Gasteiger partial charge in [0.15, 0.2) is 11.8 Å². The van der Waals surface area contributed by atoms with Crippen molar-refractivity contribution in [1.29, 1.82) is 0 Å². The largest absolute Gasteiger partial charge is 0.356 e. The van der Waals surface area contributed by atoms with E-state index in [4.69, 9.17) is 4.52 Å². The Hall–Kier alpha value is -1.68. The van der Waals surface area contributed by atoms with Crippen LogP contribution in [0.4, 0.5) is 0 Å². The predicted octanol–water partition coefficient (Wildman–Crippen LogP) is 3.71. The lowest BCUT2D eigenvalue weighted by Gasteiger charge is -2.39. The van der Waals surface area contributed by atoms with E-state index in [9.17, 15) is 0 Å². The first-order valence-electron chi connectivity index (χ1n) is 11.2. The van der Waals surface area contributed by atoms with E-state index in [2.05, 4.69) is 74.8 Å². The standard InChI is InChI=1S/C23H34N6O.HI/c1-16(2)22-27-21(30-28-22)11-12-25-23(24-3)26-18-13-19-9-10-20(14-18)29(19)15-17-7-5-4-6-8-17;/h4-8,16,18-20H,9-15H2,1-3H3,(H2,24,25,26);1H. The number of rotatable bonds is 7. The molecule has 3 heterocycles. The lowest BCUT2D eigenvalue weighted by atomic mass is 9.96. The molecule has 0 aliphatic carbocycles. The molecule has 0 radical (unpaired) electrons. The Bertz CT molecular complexity index is 826. The molecule has 2 saturated heterocycles. The van der Waals surface area contributed by atoms with E-state index >= 15 is 0 Å². The molecule has 170 valence electrons. The molecular weight excluding hydrogens is 503 g/mol. The summed E-state index contributed by atoms with van der Waals surface area (Å²) in [5.74, 6) is 2.59. The van der Waals surface area contributed by atoms with Crippen molar-refractivity contribution >= 4 is 29.9 Å². The molecule has 2 unspecified atom stereocenters. The third-order valence-electron chi connectivity index (χ3n) is 6.29. The number of benzene rings is 1. The molecule has 2 N–H and O–H groups in total. The van der Waals surface area contributed by atoms with E-state index in [-0.39, 0.29) is 29.9 Å². The van der Waals surface area contributed by atoms with Crippen LogP contribution in [-0.4, -0.2) is 52.7 Å². The van der Waals surface area contributed by atoms with Crippen molar-refractivity contribution < 1.29 is 4.52 Å². The minimum Gasteiger partial charge on any atom is -0.356 e. The molecule has 0 amide bonds. The first kappa shape index (κ1) is 24.0. The molecule has 4 rings (SSSR count). The van der Waals surface area contributed by atoms with Crippen molar-refractivity contribution in [3.63, 3.8) is 0 Å². The Labute approximate surface area is 202 Å². The van der Waals surface area contributed by atoms with Crippen LogP contribution in [0.5, 0.6) is 0 Å². The van der Waals surface area contributed by atoms with E-state index in [0.717, 1.165) is 24.9 Å². The first-order valence-corrected chi connectivity index (χ1v) is 11.2. The lowest BCUT2D eigenvalue weighted by Crippen LogP contribution is -2.52. The summed E-state index contributed by atoms with van der Waals surface area (Å²) < 4.78 is 5.32. The second kappa shape index (κ2) is 11.3. The summed E-state index contributed by atoms with van der Waals surface area (Å²) in [5, 5.41) is 11.1. The fourth-order valence-corrected chi connectivity index (χ4v) is 4.72. The quantitative estimate of drug-likeness (QED) is 0.318. The average Bonchev–Trinajstić information content (AvgIpc) is 3.30. The van der Waals surface area contributed by atoms with Crippen LogP contribution in [0.15, 0.2) is 39.8 Å². The van der Waals surface area contributed by atoms with Gasteiger partial charge in [-0.3, -0.25) is 9.89 Å². The van der Waals surface area contributed by atoms with Crippen molar-refractivity contribution in [2.75, 3.05) is 13.6 Å². The van der Waals surface area contributed by atoms with E-state index in [0.29, 0.717) is 30.4 Å². The van der Waals surface area contributed by atoms with Crippen LogP contribution in [0, 0.1) is 0 Å². The highest BCUT2D eigenvalue weighted by molar-refractivity contribution is 14.0. The van der Waals surface area contributed by atoms with Crippen LogP contribution in [0.1, 0.15) is 62.7 Å². The molecule has 0 saturated carbocycles. The van der Waals surface area contributed by atoms with Crippen molar-refractivity contribution in [2.24, 2.45) is 4.99 Å². The Balaban J connectivity index is 0.00000272. The Kier molecular flexibility index (Phi) is 8.71. The molecule has 1 aromatic heterocycles. The molecule has 2 atom stereocenters. The van der Waals surface area contributed by atoms with Gasteiger partial charge in [0.2, 0.25) is 5.89 Å². The molecule has 31 heavy (non-hydrogen) atoms. The Morgan fingerprint density at radius 1 is 1.19 bits per heavy atom. The number of piperidine rings is 1. The van der Waals surface area contributed by atoms with Crippen LogP contribution in [0.3, 0.4) is 0 Å². The number of guanidine groups is 1. The molecule has 2 bridgehead atoms. The Morgan fingerprint density at radius 2 is 1.90 bits per heavy atom. The van der Waals surface area contributed by atoms with Crippen molar-refractivity contribution in [3.8, 4) is 0 Å². The number of nitrogens with one attached hydrogen (secondary N) is 2. The van der Waals surface area contributed by atoms with Crippen LogP contribution in [0.25, 0.3) is 0 Å². The number of nitrogens with zero attached hydrogens (tertiary/aromatic N) is 4. The van der Waals surface area contributed by atoms with Gasteiger partial charge in [0.05, 0.1) is 0 Å². The number of aromatic nitrogens is 2. The van der Waals surface area contributed by atoms with Crippen LogP contribution < -0.4 is 10.6 Å². The maximum Gasteiger partial charge on any atom is 0.228 e. The normalized spacial score (nSPS) is 23.6. The van der Waals surface area contributed by atoms with Crippen molar-refractivity contribution in [1.82, 2.24) is 25.7 Å². The molecule has 1 aromatic carbocycles. The number of halogens is 1. The van der Waals surface area contributed by atoms with Crippen LogP contribution in [0.2, 0.25) is 0 Å². The summed E-state index contributed by atoms with van der Waals surface area (Å²) in [6, 6.07) is 12.6. The van der Waals surface area contributed by atoms with Crippen molar-refractivity contribution in [3.05, 3.63) is 47.6 Å². The third kappa shape index (κ3) is 6.19. The predicted molar refractivity (Wildman–Crippen MR) is 134 cm³/mol. The van der Waals surface area contributed by atoms with Crippen molar-refractivity contribution in [2.45, 2.75) is 76.5 Å². The maximum absolute atomic E-state index is 5.32. The zero-order valence-electron chi connectivity index (χ0n) is 18.8. The van der Waals surface area contributed by atoms with Crippen LogP contribution in [-0.2, 0) is 13.0 Å². The monoisotopic (exact) mass is 538 g/mol. The zero-order valence-corrected chi connectivity index (χ0v) is 21.1. The second-order valence-electron chi connectivity index (χ2n) is 8.81. The van der Waals surface area contributed by atoms with Gasteiger partial charge in [-0.1, -0.05) is 49.3 Å². The number of hydrogen-bond acceptors (Lipinski definition) is 5. The van der Waals surface area contributed by atoms with E-state index < -0.39 is 0 Å². The average molecular weight is 538 g/mol. The zero-order chi connectivity index (χ0) is 20.9. The summed E-state index contributed by atoms with van der Waals surface area (Å²) in [6.45, 7) is 5.92. The summed E-state index contributed by atoms with van der Waals surface area (Å²) >= 11 is 0. The Morgan fingerprint density at radius 3 is 2.52 bits per heavy atom. The minimum atomic E-state index is 0. The number of fused-ring (bicyclic) bond motifs is 2. The summed E-state index contributed by atoms with van der Waals surface area (Å²) in [7, 11) is 1.83. The van der Waals surface area contributed by atoms with E-state index in [1.807, 2.05) is 7.05 Å². The third-order valence-corrected chi connectivity index (χ3v) is 6.29. The minimum absolute atomic E-state index is 0. The lowest BCUT2D eigenvalue weighted by molar-refractivity contribution is 0.114. The molecule has 2 aliphatic rings. The highest BCUT2D eigenvalue weighted by Gasteiger charge is 2.40. The molecule has 8 heteroatoms. The molecular formula is C23H35IN6O. The van der Waals surface area contributed by atoms with Gasteiger partial charge in [0.1, 0.15) is 0 Å².